The van der Waals surface area contributed by atoms with Crippen molar-refractivity contribution in [2.24, 2.45) is 16.1 Å². The molecule has 0 saturated carbocycles. The number of hydrogen-bond donors (Lipinski definition) is 2. The largest absolute Gasteiger partial charge is 0.379 e. The number of anilines is 1. The molecule has 0 spiro atoms. The molecule has 126 valence electrons. The second-order valence-electron chi connectivity index (χ2n) is 6.52. The van der Waals surface area contributed by atoms with Gasteiger partial charge in [0, 0.05) is 26.3 Å². The smallest absolute Gasteiger partial charge is 0.233 e. The number of ether oxygens (including phenoxy) is 1. The number of nitrogens with one attached hydrogen (secondary N) is 1. The minimum Gasteiger partial charge on any atom is -0.379 e. The van der Waals surface area contributed by atoms with Crippen molar-refractivity contribution in [1.82, 2.24) is 14.7 Å². The van der Waals surface area contributed by atoms with Gasteiger partial charge in [0.1, 0.15) is 0 Å². The van der Waals surface area contributed by atoms with E-state index in [0.717, 1.165) is 31.6 Å². The van der Waals surface area contributed by atoms with E-state index in [4.69, 9.17) is 10.5 Å². The van der Waals surface area contributed by atoms with Crippen molar-refractivity contribution < 1.29 is 9.53 Å². The van der Waals surface area contributed by atoms with Crippen molar-refractivity contribution in [3.63, 3.8) is 0 Å². The summed E-state index contributed by atoms with van der Waals surface area (Å²) in [6, 6.07) is 0.305. The third-order valence-corrected chi connectivity index (χ3v) is 4.60. The first-order chi connectivity index (χ1) is 11.0. The van der Waals surface area contributed by atoms with Crippen LogP contribution in [0.4, 0.5) is 5.69 Å². The standard InChI is InChI=1S/C15H24N6O2/c1-15(9-23-10-15)13(22)20-5-3-12(4-6-20)21-8-11(7-18-21)19-14(16)17-2/h7-8,12H,3-6,9-10H2,1-2H3,(H3,16,17,19). The Balaban J connectivity index is 1.55. The molecule has 2 fully saturated rings. The van der Waals surface area contributed by atoms with Gasteiger partial charge in [-0.1, -0.05) is 0 Å². The second-order valence-corrected chi connectivity index (χ2v) is 6.52. The third kappa shape index (κ3) is 3.17. The molecular formula is C15H24N6O2. The number of guanidine groups is 1. The maximum Gasteiger partial charge on any atom is 0.233 e. The molecule has 2 aliphatic rings. The highest BCUT2D eigenvalue weighted by atomic mass is 16.5. The second kappa shape index (κ2) is 6.19. The zero-order valence-corrected chi connectivity index (χ0v) is 13.7. The van der Waals surface area contributed by atoms with E-state index < -0.39 is 0 Å². The van der Waals surface area contributed by atoms with Crippen LogP contribution in [0.15, 0.2) is 17.4 Å². The van der Waals surface area contributed by atoms with E-state index >= 15 is 0 Å². The summed E-state index contributed by atoms with van der Waals surface area (Å²) >= 11 is 0. The highest BCUT2D eigenvalue weighted by Gasteiger charge is 2.44. The lowest BCUT2D eigenvalue weighted by atomic mass is 9.86. The van der Waals surface area contributed by atoms with E-state index in [1.54, 1.807) is 13.2 Å². The number of amides is 1. The van der Waals surface area contributed by atoms with Crippen LogP contribution in [-0.2, 0) is 9.53 Å². The molecule has 1 aromatic rings. The molecule has 3 N–H and O–H groups in total. The van der Waals surface area contributed by atoms with Crippen LogP contribution in [0.1, 0.15) is 25.8 Å². The molecule has 1 aromatic heterocycles. The van der Waals surface area contributed by atoms with E-state index in [1.807, 2.05) is 22.7 Å². The van der Waals surface area contributed by atoms with Crippen molar-refractivity contribution in [2.75, 3.05) is 38.7 Å². The van der Waals surface area contributed by atoms with Crippen LogP contribution < -0.4 is 11.1 Å². The number of piperidine rings is 1. The molecule has 0 aromatic carbocycles. The van der Waals surface area contributed by atoms with Gasteiger partial charge in [-0.25, -0.2) is 0 Å². The summed E-state index contributed by atoms with van der Waals surface area (Å²) in [6.45, 7) is 4.59. The fraction of sp³-hybridized carbons (Fsp3) is 0.667. The number of nitrogens with zero attached hydrogens (tertiary/aromatic N) is 4. The van der Waals surface area contributed by atoms with Gasteiger partial charge in [-0.15, -0.1) is 0 Å². The lowest BCUT2D eigenvalue weighted by molar-refractivity contribution is -0.170. The molecule has 2 saturated heterocycles. The fourth-order valence-corrected chi connectivity index (χ4v) is 3.05. The Labute approximate surface area is 135 Å². The summed E-state index contributed by atoms with van der Waals surface area (Å²) in [4.78, 5) is 18.3. The Morgan fingerprint density at radius 1 is 1.48 bits per heavy atom. The first-order valence-corrected chi connectivity index (χ1v) is 7.92. The van der Waals surface area contributed by atoms with Gasteiger partial charge in [-0.3, -0.25) is 14.5 Å². The summed E-state index contributed by atoms with van der Waals surface area (Å²) in [5.74, 6) is 0.581. The SMILES string of the molecule is CN=C(N)Nc1cnn(C2CCN(C(=O)C3(C)COC3)CC2)c1. The zero-order valence-electron chi connectivity index (χ0n) is 13.7. The first kappa shape index (κ1) is 15.8. The molecule has 8 nitrogen and oxygen atoms in total. The maximum atomic E-state index is 12.5. The number of aromatic nitrogens is 2. The Morgan fingerprint density at radius 3 is 2.74 bits per heavy atom. The lowest BCUT2D eigenvalue weighted by Gasteiger charge is -2.42. The molecule has 23 heavy (non-hydrogen) atoms. The fourth-order valence-electron chi connectivity index (χ4n) is 3.05. The van der Waals surface area contributed by atoms with Gasteiger partial charge in [-0.2, -0.15) is 5.10 Å². The Hall–Kier alpha value is -2.09. The summed E-state index contributed by atoms with van der Waals surface area (Å²) in [5, 5.41) is 7.37. The van der Waals surface area contributed by atoms with E-state index in [2.05, 4.69) is 15.4 Å². The number of carbonyl (C=O) groups is 1. The van der Waals surface area contributed by atoms with Gasteiger partial charge in [0.2, 0.25) is 5.91 Å². The van der Waals surface area contributed by atoms with Crippen molar-refractivity contribution in [1.29, 1.82) is 0 Å². The average molecular weight is 320 g/mol. The monoisotopic (exact) mass is 320 g/mol. The molecule has 0 atom stereocenters. The van der Waals surface area contributed by atoms with Gasteiger partial charge < -0.3 is 20.7 Å². The molecule has 2 aliphatic heterocycles. The Bertz CT molecular complexity index is 599. The molecule has 3 rings (SSSR count). The molecule has 0 unspecified atom stereocenters. The summed E-state index contributed by atoms with van der Waals surface area (Å²) in [6.07, 6.45) is 5.48. The van der Waals surface area contributed by atoms with Crippen molar-refractivity contribution in [3.8, 4) is 0 Å². The predicted molar refractivity (Wildman–Crippen MR) is 87.2 cm³/mol. The lowest BCUT2D eigenvalue weighted by Crippen LogP contribution is -2.55. The van der Waals surface area contributed by atoms with Gasteiger partial charge in [0.25, 0.3) is 0 Å². The molecule has 3 heterocycles. The van der Waals surface area contributed by atoms with Gasteiger partial charge in [0.15, 0.2) is 5.96 Å². The highest BCUT2D eigenvalue weighted by Crippen LogP contribution is 2.32. The molecule has 0 radical (unpaired) electrons. The first-order valence-electron chi connectivity index (χ1n) is 7.92. The zero-order chi connectivity index (χ0) is 16.4. The molecule has 0 bridgehead atoms. The minimum atomic E-state index is -0.313. The number of hydrogen-bond acceptors (Lipinski definition) is 4. The van der Waals surface area contributed by atoms with Gasteiger partial charge >= 0.3 is 0 Å². The van der Waals surface area contributed by atoms with Crippen molar-refractivity contribution >= 4 is 17.6 Å². The summed E-state index contributed by atoms with van der Waals surface area (Å²) in [5.41, 5.74) is 6.16. The Kier molecular flexibility index (Phi) is 4.25. The van der Waals surface area contributed by atoms with Crippen molar-refractivity contribution in [2.45, 2.75) is 25.8 Å². The number of nitrogens with two attached hydrogens (primary N) is 1. The van der Waals surface area contributed by atoms with E-state index in [-0.39, 0.29) is 11.3 Å². The number of carbonyl (C=O) groups excluding carboxylic acids is 1. The number of likely N-dealkylation sites (tertiary alicyclic amines) is 1. The van der Waals surface area contributed by atoms with Gasteiger partial charge in [0.05, 0.1) is 36.6 Å². The van der Waals surface area contributed by atoms with Crippen LogP contribution in [0, 0.1) is 5.41 Å². The van der Waals surface area contributed by atoms with E-state index in [9.17, 15) is 4.79 Å². The third-order valence-electron chi connectivity index (χ3n) is 4.60. The molecule has 1 amide bonds. The van der Waals surface area contributed by atoms with Crippen LogP contribution in [0.3, 0.4) is 0 Å². The van der Waals surface area contributed by atoms with Crippen LogP contribution in [-0.4, -0.2) is 59.9 Å². The minimum absolute atomic E-state index is 0.219. The summed E-state index contributed by atoms with van der Waals surface area (Å²) in [7, 11) is 1.63. The van der Waals surface area contributed by atoms with Crippen molar-refractivity contribution in [3.05, 3.63) is 12.4 Å². The van der Waals surface area contributed by atoms with Crippen LogP contribution >= 0.6 is 0 Å². The van der Waals surface area contributed by atoms with E-state index in [1.165, 1.54) is 0 Å². The maximum absolute atomic E-state index is 12.5. The highest BCUT2D eigenvalue weighted by molar-refractivity contribution is 5.91. The topological polar surface area (TPSA) is 97.8 Å². The predicted octanol–water partition coefficient (Wildman–Crippen LogP) is 0.440. The molecular weight excluding hydrogens is 296 g/mol. The van der Waals surface area contributed by atoms with Crippen LogP contribution in [0.25, 0.3) is 0 Å². The van der Waals surface area contributed by atoms with E-state index in [0.29, 0.717) is 25.2 Å². The Morgan fingerprint density at radius 2 is 2.17 bits per heavy atom. The van der Waals surface area contributed by atoms with Gasteiger partial charge in [-0.05, 0) is 19.8 Å². The molecule has 0 aliphatic carbocycles. The summed E-state index contributed by atoms with van der Waals surface area (Å²) < 4.78 is 7.14. The van der Waals surface area contributed by atoms with Crippen LogP contribution in [0.2, 0.25) is 0 Å². The quantitative estimate of drug-likeness (QED) is 0.622. The normalized spacial score (nSPS) is 21.8. The molecule has 8 heteroatoms. The average Bonchev–Trinajstić information content (AvgIpc) is 3.00. The number of rotatable bonds is 3. The van der Waals surface area contributed by atoms with Crippen LogP contribution in [0.5, 0.6) is 0 Å². The number of aliphatic imine (C=N–C) groups is 1.